The van der Waals surface area contributed by atoms with Crippen LogP contribution in [-0.2, 0) is 17.4 Å². The number of Topliss-reactive ketones (excluding diaryl/α,β-unsaturated/α-hetero) is 1. The average molecular weight is 2010 g/mol. The normalized spacial score (nSPS) is 16.9. The van der Waals surface area contributed by atoms with Crippen LogP contribution in [0, 0.1) is 193 Å². The van der Waals surface area contributed by atoms with E-state index in [0.717, 1.165) is 75.7 Å². The molecule has 0 bridgehead atoms. The molecule has 0 atom stereocenters. The van der Waals surface area contributed by atoms with Gasteiger partial charge in [0.15, 0.2) is 5.78 Å². The molecule has 788 valence electrons. The van der Waals surface area contributed by atoms with Crippen molar-refractivity contribution in [1.82, 2.24) is 0 Å². The molecular weight excluding hydrogens is 1830 g/mol. The second kappa shape index (κ2) is 59.7. The minimum Gasteiger partial charge on any atom is -0.457 e. The number of rotatable bonds is 14. The quantitative estimate of drug-likeness (QED) is 0.102. The second-order valence-electron chi connectivity index (χ2n) is 44.7. The van der Waals surface area contributed by atoms with Crippen molar-refractivity contribution in [3.63, 3.8) is 0 Å². The van der Waals surface area contributed by atoms with E-state index in [9.17, 15) is 22.8 Å². The number of halogens is 3. The SMILES string of the molecule is CC1CCC(C(=O)C2CCC(C)CC2)CC1.CC1CCC(CC2CCC(C)CC2)CC1.Cc1ccc(-c2ccc(C)c(C)c2)cc1C.Cc1ccc(-c2ccc(C)cc2)cc1.Cc1ccc(-c2ccc(C)cc2C(F)(F)F)c(C)c1.Cc1ccc(-c2ccc(C)cc2C)c(C)c1.Cc1ccc(C(=O)c2ccc(C)cc2)cc1.Cc1ccc(C)cc1.Cc1ccc(Cc2ccc(C)cc2)cc1.Cc1ccc(Oc2ccc(C)cc2)cc1. The van der Waals surface area contributed by atoms with Gasteiger partial charge in [-0.25, -0.2) is 0 Å². The summed E-state index contributed by atoms with van der Waals surface area (Å²) in [5.41, 5.74) is 38.5. The first-order chi connectivity index (χ1) is 71.5. The number of carbonyl (C=O) groups excluding carboxylic acids is 2. The Morgan fingerprint density at radius 3 is 0.747 bits per heavy atom. The van der Waals surface area contributed by atoms with Crippen LogP contribution in [0.25, 0.3) is 44.5 Å². The molecule has 15 aromatic rings. The highest BCUT2D eigenvalue weighted by molar-refractivity contribution is 6.09. The van der Waals surface area contributed by atoms with Gasteiger partial charge in [-0.2, -0.15) is 13.2 Å². The standard InChI is InChI=1S/C16H15F3.2C16H18.C15H26O.C15H14O.C15H28.C15H16.C14H14O.C14H14.C8H10/c1-10-4-6-13(12(3)8-10)14-7-5-11(2)9-15(14)16(17,18)19;1-11-5-7-15(9-13(11)3)16-8-6-12(2)14(4)10-16;1-11-5-7-15(13(3)9-11)16-8-6-12(2)10-14(16)4;2*1-11-3-7-13(8-4-11)15(16)14-9-5-12(2)6-10-14;2*1-12-3-7-14(8-4-12)11-15-9-5-13(2)6-10-15;1-11-3-7-13(8-4-11)15-14-9-5-12(2)6-10-14;1-11-3-7-13(8-4-11)14-9-5-12(2)6-10-14;1-7-3-5-8(2)6-4-7/h4-9H,1-3H3;2*5-10H,1-4H3;11-14H,3-10H2,1-2H3;3-10H,1-2H3;12-15H,3-11H2,1-2H3;3-10H,11H2,1-2H3;3-10H,1-2H3;3-10H,1-2H3;3-6H,1-2H3. The topological polar surface area (TPSA) is 43.4 Å². The van der Waals surface area contributed by atoms with Crippen LogP contribution >= 0.6 is 0 Å². The van der Waals surface area contributed by atoms with E-state index in [1.54, 1.807) is 31.5 Å². The molecule has 0 amide bonds. The third-order valence-corrected chi connectivity index (χ3v) is 30.5. The molecule has 0 unspecified atom stereocenters. The Labute approximate surface area is 903 Å². The lowest BCUT2D eigenvalue weighted by Crippen LogP contribution is -2.29. The van der Waals surface area contributed by atoms with Gasteiger partial charge in [-0.05, 0) is 344 Å². The first-order valence-corrected chi connectivity index (χ1v) is 55.4. The Balaban J connectivity index is 0.000000171. The van der Waals surface area contributed by atoms with Crippen LogP contribution in [0.1, 0.15) is 286 Å². The number of carbonyl (C=O) groups is 2. The van der Waals surface area contributed by atoms with Gasteiger partial charge in [-0.3, -0.25) is 9.59 Å². The lowest BCUT2D eigenvalue weighted by Gasteiger charge is -2.32. The number of hydrogen-bond acceptors (Lipinski definition) is 3. The van der Waals surface area contributed by atoms with Crippen LogP contribution in [0.2, 0.25) is 0 Å². The third kappa shape index (κ3) is 40.5. The molecular formula is C144H173F3O3. The van der Waals surface area contributed by atoms with Gasteiger partial charge in [0.25, 0.3) is 0 Å². The van der Waals surface area contributed by atoms with E-state index in [-0.39, 0.29) is 11.3 Å². The predicted octanol–water partition coefficient (Wildman–Crippen LogP) is 41.5. The molecule has 0 spiro atoms. The molecule has 0 saturated heterocycles. The van der Waals surface area contributed by atoms with E-state index in [0.29, 0.717) is 28.7 Å². The summed E-state index contributed by atoms with van der Waals surface area (Å²) in [6.45, 7) is 53.0. The van der Waals surface area contributed by atoms with Crippen molar-refractivity contribution < 1.29 is 27.5 Å². The predicted molar refractivity (Wildman–Crippen MR) is 638 cm³/mol. The van der Waals surface area contributed by atoms with Gasteiger partial charge in [0.05, 0.1) is 5.56 Å². The summed E-state index contributed by atoms with van der Waals surface area (Å²) in [5, 5.41) is 0. The monoisotopic (exact) mass is 2010 g/mol. The van der Waals surface area contributed by atoms with Crippen molar-refractivity contribution >= 4 is 11.6 Å². The van der Waals surface area contributed by atoms with Crippen molar-refractivity contribution in [3.8, 4) is 56.0 Å². The Bertz CT molecular complexity index is 6180. The smallest absolute Gasteiger partial charge is 0.417 e. The molecule has 0 heterocycles. The number of alkyl halides is 3. The summed E-state index contributed by atoms with van der Waals surface area (Å²) in [4.78, 5) is 24.4. The van der Waals surface area contributed by atoms with Gasteiger partial charge < -0.3 is 4.74 Å². The van der Waals surface area contributed by atoms with Crippen LogP contribution in [0.5, 0.6) is 11.5 Å². The minimum atomic E-state index is -4.33. The van der Waals surface area contributed by atoms with Gasteiger partial charge in [-0.1, -0.05) is 480 Å². The van der Waals surface area contributed by atoms with Crippen molar-refractivity contribution in [3.05, 3.63) is 472 Å². The lowest BCUT2D eigenvalue weighted by molar-refractivity contribution is -0.137. The molecule has 6 heteroatoms. The zero-order valence-corrected chi connectivity index (χ0v) is 95.4. The summed E-state index contributed by atoms with van der Waals surface area (Å²) in [5.74, 6) is 9.27. The van der Waals surface area contributed by atoms with Gasteiger partial charge in [-0.15, -0.1) is 0 Å². The number of hydrogen-bond donors (Lipinski definition) is 0. The number of ketones is 2. The maximum absolute atomic E-state index is 13.1. The van der Waals surface area contributed by atoms with Gasteiger partial charge in [0.2, 0.25) is 0 Å². The van der Waals surface area contributed by atoms with E-state index >= 15 is 0 Å². The molecule has 4 aliphatic carbocycles. The number of benzene rings is 15. The molecule has 3 nitrogen and oxygen atoms in total. The Kier molecular flexibility index (Phi) is 47.4. The Hall–Kier alpha value is -12.8. The molecule has 150 heavy (non-hydrogen) atoms. The van der Waals surface area contributed by atoms with Gasteiger partial charge in [0, 0.05) is 23.0 Å². The highest BCUT2D eigenvalue weighted by Crippen LogP contribution is 2.42. The maximum Gasteiger partial charge on any atom is 0.417 e. The largest absolute Gasteiger partial charge is 0.457 e. The molecule has 0 radical (unpaired) electrons. The molecule has 0 N–H and O–H groups in total. The van der Waals surface area contributed by atoms with E-state index in [4.69, 9.17) is 4.74 Å². The van der Waals surface area contributed by atoms with Crippen LogP contribution < -0.4 is 4.74 Å². The zero-order chi connectivity index (χ0) is 109. The van der Waals surface area contributed by atoms with Crippen molar-refractivity contribution in [1.29, 1.82) is 0 Å². The Morgan fingerprint density at radius 2 is 0.467 bits per heavy atom. The maximum atomic E-state index is 13.1. The lowest BCUT2D eigenvalue weighted by atomic mass is 9.73. The van der Waals surface area contributed by atoms with E-state index in [1.807, 2.05) is 137 Å². The summed E-state index contributed by atoms with van der Waals surface area (Å²) < 4.78 is 45.1. The summed E-state index contributed by atoms with van der Waals surface area (Å²) in [6.07, 6.45) is 20.2. The molecule has 0 aliphatic heterocycles. The highest BCUT2D eigenvalue weighted by atomic mass is 19.4. The fraction of sp³-hybridized carbons (Fsp3) is 0.361. The Morgan fingerprint density at radius 1 is 0.233 bits per heavy atom. The molecule has 4 fully saturated rings. The third-order valence-electron chi connectivity index (χ3n) is 30.5. The van der Waals surface area contributed by atoms with Gasteiger partial charge in [0.1, 0.15) is 17.3 Å². The fourth-order valence-corrected chi connectivity index (χ4v) is 20.0. The van der Waals surface area contributed by atoms with Gasteiger partial charge >= 0.3 is 6.18 Å². The van der Waals surface area contributed by atoms with Crippen LogP contribution in [-0.4, -0.2) is 11.6 Å². The second-order valence-corrected chi connectivity index (χ2v) is 44.7. The van der Waals surface area contributed by atoms with Crippen molar-refractivity contribution in [2.75, 3.05) is 0 Å². The average Bonchev–Trinajstić information content (AvgIpc) is 0.804. The van der Waals surface area contributed by atoms with E-state index in [2.05, 4.69) is 333 Å². The first-order valence-electron chi connectivity index (χ1n) is 55.4. The summed E-state index contributed by atoms with van der Waals surface area (Å²) in [6, 6.07) is 111. The molecule has 4 aliphatic rings. The summed E-state index contributed by atoms with van der Waals surface area (Å²) in [7, 11) is 0. The van der Waals surface area contributed by atoms with E-state index in [1.165, 1.54) is 253 Å². The zero-order valence-electron chi connectivity index (χ0n) is 95.4. The molecule has 15 aromatic carbocycles. The van der Waals surface area contributed by atoms with Crippen LogP contribution in [0.15, 0.2) is 328 Å². The van der Waals surface area contributed by atoms with E-state index < -0.39 is 11.7 Å². The highest BCUT2D eigenvalue weighted by Gasteiger charge is 2.35. The van der Waals surface area contributed by atoms with Crippen molar-refractivity contribution in [2.24, 2.45) is 47.3 Å². The first kappa shape index (κ1) is 119. The van der Waals surface area contributed by atoms with Crippen LogP contribution in [0.3, 0.4) is 0 Å². The molecule has 4 saturated carbocycles. The fourth-order valence-electron chi connectivity index (χ4n) is 20.0. The minimum absolute atomic E-state index is 0.0833. The number of ether oxygens (including phenoxy) is 1. The summed E-state index contributed by atoms with van der Waals surface area (Å²) >= 11 is 0. The van der Waals surface area contributed by atoms with Crippen molar-refractivity contribution in [2.45, 2.75) is 295 Å². The number of aryl methyl sites for hydroxylation is 21. The van der Waals surface area contributed by atoms with Crippen LogP contribution in [0.4, 0.5) is 13.2 Å². The molecule has 19 rings (SSSR count). The molecule has 0 aromatic heterocycles.